The van der Waals surface area contributed by atoms with Crippen LogP contribution >= 0.6 is 0 Å². The number of hydrogen-bond acceptors (Lipinski definition) is 2. The van der Waals surface area contributed by atoms with Gasteiger partial charge in [0.2, 0.25) is 0 Å². The Balaban J connectivity index is 1.90. The average molecular weight is 261 g/mol. The van der Waals surface area contributed by atoms with Crippen LogP contribution in [0.2, 0.25) is 0 Å². The second kappa shape index (κ2) is 4.53. The number of phenolic OH excluding ortho intramolecular Hbond substituents is 1. The predicted molar refractivity (Wildman–Crippen MR) is 69.2 cm³/mol. The molecule has 1 aliphatic heterocycles. The van der Waals surface area contributed by atoms with Crippen molar-refractivity contribution in [3.05, 3.63) is 59.2 Å². The highest BCUT2D eigenvalue weighted by molar-refractivity contribution is 5.58. The summed E-state index contributed by atoms with van der Waals surface area (Å²) in [6, 6.07) is 9.16. The number of anilines is 1. The van der Waals surface area contributed by atoms with E-state index in [4.69, 9.17) is 0 Å². The van der Waals surface area contributed by atoms with Gasteiger partial charge in [-0.3, -0.25) is 0 Å². The minimum Gasteiger partial charge on any atom is -0.505 e. The Kier molecular flexibility index (Phi) is 2.85. The van der Waals surface area contributed by atoms with E-state index in [1.165, 1.54) is 18.2 Å². The van der Waals surface area contributed by atoms with Gasteiger partial charge < -0.3 is 10.0 Å². The molecule has 19 heavy (non-hydrogen) atoms. The van der Waals surface area contributed by atoms with Crippen LogP contribution in [0.3, 0.4) is 0 Å². The topological polar surface area (TPSA) is 23.5 Å². The summed E-state index contributed by atoms with van der Waals surface area (Å²) >= 11 is 0. The third-order valence-corrected chi connectivity index (χ3v) is 3.47. The molecule has 0 saturated carbocycles. The minimum absolute atomic E-state index is 0.283. The average Bonchev–Trinajstić information content (AvgIpc) is 2.78. The molecule has 0 saturated heterocycles. The largest absolute Gasteiger partial charge is 0.505 e. The first kappa shape index (κ1) is 12.0. The monoisotopic (exact) mass is 261 g/mol. The maximum Gasteiger partial charge on any atom is 0.165 e. The van der Waals surface area contributed by atoms with E-state index in [-0.39, 0.29) is 11.6 Å². The molecular weight excluding hydrogens is 248 g/mol. The van der Waals surface area contributed by atoms with Crippen molar-refractivity contribution < 1.29 is 13.9 Å². The van der Waals surface area contributed by atoms with E-state index in [0.29, 0.717) is 12.1 Å². The number of fused-ring (bicyclic) bond motifs is 1. The van der Waals surface area contributed by atoms with Crippen LogP contribution in [0.15, 0.2) is 36.4 Å². The molecule has 2 aromatic carbocycles. The van der Waals surface area contributed by atoms with Gasteiger partial charge in [-0.2, -0.15) is 0 Å². The smallest absolute Gasteiger partial charge is 0.165 e. The SMILES string of the molecule is Oc1c(F)cccc1CN1CCc2ccc(F)cc21. The van der Waals surface area contributed by atoms with Crippen LogP contribution in [-0.2, 0) is 13.0 Å². The maximum absolute atomic E-state index is 13.3. The highest BCUT2D eigenvalue weighted by atomic mass is 19.1. The summed E-state index contributed by atoms with van der Waals surface area (Å²) < 4.78 is 26.6. The lowest BCUT2D eigenvalue weighted by Crippen LogP contribution is -2.19. The summed E-state index contributed by atoms with van der Waals surface area (Å²) in [5, 5.41) is 9.68. The molecule has 0 atom stereocenters. The lowest BCUT2D eigenvalue weighted by atomic mass is 10.1. The fourth-order valence-corrected chi connectivity index (χ4v) is 2.48. The fraction of sp³-hybridized carbons (Fsp3) is 0.200. The molecule has 4 heteroatoms. The van der Waals surface area contributed by atoms with E-state index in [1.807, 2.05) is 4.90 Å². The van der Waals surface area contributed by atoms with Crippen LogP contribution in [0, 0.1) is 11.6 Å². The second-order valence-corrected chi connectivity index (χ2v) is 4.69. The van der Waals surface area contributed by atoms with Gasteiger partial charge in [0, 0.05) is 24.3 Å². The van der Waals surface area contributed by atoms with Gasteiger partial charge in [-0.25, -0.2) is 8.78 Å². The van der Waals surface area contributed by atoms with Crippen LogP contribution in [0.25, 0.3) is 0 Å². The van der Waals surface area contributed by atoms with Crippen LogP contribution in [-0.4, -0.2) is 11.7 Å². The van der Waals surface area contributed by atoms with E-state index in [2.05, 4.69) is 0 Å². The number of rotatable bonds is 2. The number of nitrogens with zero attached hydrogens (tertiary/aromatic N) is 1. The lowest BCUT2D eigenvalue weighted by Gasteiger charge is -2.20. The lowest BCUT2D eigenvalue weighted by molar-refractivity contribution is 0.425. The quantitative estimate of drug-likeness (QED) is 0.897. The normalized spacial score (nSPS) is 13.7. The van der Waals surface area contributed by atoms with Crippen LogP contribution in [0.4, 0.5) is 14.5 Å². The zero-order valence-corrected chi connectivity index (χ0v) is 10.2. The molecule has 0 radical (unpaired) electrons. The Labute approximate surface area is 109 Å². The molecule has 0 fully saturated rings. The third kappa shape index (κ3) is 2.14. The van der Waals surface area contributed by atoms with E-state index >= 15 is 0 Å². The Morgan fingerprint density at radius 1 is 1.16 bits per heavy atom. The van der Waals surface area contributed by atoms with Gasteiger partial charge in [0.15, 0.2) is 11.6 Å². The van der Waals surface area contributed by atoms with Crippen molar-refractivity contribution in [3.63, 3.8) is 0 Å². The number of para-hydroxylation sites is 1. The fourth-order valence-electron chi connectivity index (χ4n) is 2.48. The summed E-state index contributed by atoms with van der Waals surface area (Å²) in [5.41, 5.74) is 2.41. The van der Waals surface area contributed by atoms with Gasteiger partial charge in [-0.1, -0.05) is 18.2 Å². The molecule has 0 unspecified atom stereocenters. The van der Waals surface area contributed by atoms with E-state index < -0.39 is 5.82 Å². The Morgan fingerprint density at radius 2 is 2.00 bits per heavy atom. The summed E-state index contributed by atoms with van der Waals surface area (Å²) in [6.45, 7) is 1.12. The standard InChI is InChI=1S/C15H13F2NO/c16-12-5-4-10-6-7-18(14(10)8-12)9-11-2-1-3-13(17)15(11)19/h1-5,8,19H,6-7,9H2. The number of benzene rings is 2. The van der Waals surface area contributed by atoms with Crippen molar-refractivity contribution >= 4 is 5.69 Å². The molecule has 3 rings (SSSR count). The van der Waals surface area contributed by atoms with Gasteiger partial charge in [-0.05, 0) is 30.2 Å². The van der Waals surface area contributed by atoms with E-state index in [1.54, 1.807) is 18.2 Å². The van der Waals surface area contributed by atoms with Crippen LogP contribution < -0.4 is 4.90 Å². The minimum atomic E-state index is -0.629. The van der Waals surface area contributed by atoms with Crippen molar-refractivity contribution in [2.24, 2.45) is 0 Å². The Morgan fingerprint density at radius 3 is 2.84 bits per heavy atom. The highest BCUT2D eigenvalue weighted by Crippen LogP contribution is 2.32. The number of aromatic hydroxyl groups is 1. The summed E-state index contributed by atoms with van der Waals surface area (Å²) in [6.07, 6.45) is 0.839. The maximum atomic E-state index is 13.3. The number of halogens is 2. The van der Waals surface area contributed by atoms with Crippen molar-refractivity contribution in [2.45, 2.75) is 13.0 Å². The first-order chi connectivity index (χ1) is 9.15. The second-order valence-electron chi connectivity index (χ2n) is 4.69. The first-order valence-electron chi connectivity index (χ1n) is 6.15. The van der Waals surface area contributed by atoms with Gasteiger partial charge in [0.1, 0.15) is 5.82 Å². The first-order valence-corrected chi connectivity index (χ1v) is 6.15. The summed E-state index contributed by atoms with van der Waals surface area (Å²) in [7, 11) is 0. The zero-order chi connectivity index (χ0) is 13.4. The third-order valence-electron chi connectivity index (χ3n) is 3.47. The Hall–Kier alpha value is -2.10. The molecular formula is C15H13F2NO. The predicted octanol–water partition coefficient (Wildman–Crippen LogP) is 3.23. The van der Waals surface area contributed by atoms with Gasteiger partial charge in [-0.15, -0.1) is 0 Å². The van der Waals surface area contributed by atoms with Crippen LogP contribution in [0.5, 0.6) is 5.75 Å². The molecule has 98 valence electrons. The van der Waals surface area contributed by atoms with Crippen LogP contribution in [0.1, 0.15) is 11.1 Å². The molecule has 1 aliphatic rings. The molecule has 0 aromatic heterocycles. The molecule has 1 heterocycles. The highest BCUT2D eigenvalue weighted by Gasteiger charge is 2.21. The number of phenols is 1. The molecule has 0 aliphatic carbocycles. The van der Waals surface area contributed by atoms with Gasteiger partial charge in [0.25, 0.3) is 0 Å². The zero-order valence-electron chi connectivity index (χ0n) is 10.2. The summed E-state index contributed by atoms with van der Waals surface area (Å²) in [5.74, 6) is -1.24. The Bertz CT molecular complexity index is 628. The van der Waals surface area contributed by atoms with Crippen molar-refractivity contribution in [1.82, 2.24) is 0 Å². The molecule has 2 aromatic rings. The van der Waals surface area contributed by atoms with Gasteiger partial charge in [0.05, 0.1) is 0 Å². The molecule has 0 amide bonds. The molecule has 0 bridgehead atoms. The summed E-state index contributed by atoms with van der Waals surface area (Å²) in [4.78, 5) is 1.95. The van der Waals surface area contributed by atoms with E-state index in [0.717, 1.165) is 24.2 Å². The number of hydrogen-bond donors (Lipinski definition) is 1. The molecule has 2 nitrogen and oxygen atoms in total. The van der Waals surface area contributed by atoms with E-state index in [9.17, 15) is 13.9 Å². The van der Waals surface area contributed by atoms with Gasteiger partial charge >= 0.3 is 0 Å². The van der Waals surface area contributed by atoms with Crippen molar-refractivity contribution in [1.29, 1.82) is 0 Å². The van der Waals surface area contributed by atoms with Crippen molar-refractivity contribution in [2.75, 3.05) is 11.4 Å². The molecule has 1 N–H and O–H groups in total. The van der Waals surface area contributed by atoms with Crippen molar-refractivity contribution in [3.8, 4) is 5.75 Å². The molecule has 0 spiro atoms.